The minimum absolute atomic E-state index is 0.161. The van der Waals surface area contributed by atoms with Crippen LogP contribution >= 0.6 is 0 Å². The van der Waals surface area contributed by atoms with Gasteiger partial charge in [0.05, 0.1) is 0 Å². The van der Waals surface area contributed by atoms with Crippen molar-refractivity contribution in [2.24, 2.45) is 0 Å². The highest BCUT2D eigenvalue weighted by Gasteiger charge is 2.15. The van der Waals surface area contributed by atoms with E-state index in [-0.39, 0.29) is 26.4 Å². The lowest BCUT2D eigenvalue weighted by molar-refractivity contribution is -0.139. The zero-order chi connectivity index (χ0) is 34.7. The van der Waals surface area contributed by atoms with E-state index in [4.69, 9.17) is 18.9 Å². The number of fused-ring (bicyclic) bond motifs is 2. The summed E-state index contributed by atoms with van der Waals surface area (Å²) in [5.74, 6) is 0.502. The first-order valence-electron chi connectivity index (χ1n) is 16.5. The van der Waals surface area contributed by atoms with E-state index < -0.39 is 11.9 Å². The standard InChI is InChI=1S/C44H38O6/c1-3-43(45)49-23-21-47-39-17-13-31(14-18-39)25-37-27-33-9-5-7-11-35(33)29-41(37)42-30-36-12-8-6-10-34(36)28-38(42)26-32-15-19-40(20-16-32)48-22-24-50-44(46)4-2/h3-20,27-30H,1-2,21-26H2. The summed E-state index contributed by atoms with van der Waals surface area (Å²) in [5.41, 5.74) is 7.16. The Hall–Kier alpha value is -6.14. The third-order valence-electron chi connectivity index (χ3n) is 8.40. The molecule has 6 heteroatoms. The van der Waals surface area contributed by atoms with Crippen LogP contribution in [0, 0.1) is 0 Å². The van der Waals surface area contributed by atoms with Gasteiger partial charge in [-0.05, 0) is 104 Å². The smallest absolute Gasteiger partial charge is 0.330 e. The van der Waals surface area contributed by atoms with Crippen LogP contribution in [0.2, 0.25) is 0 Å². The Balaban J connectivity index is 1.29. The summed E-state index contributed by atoms with van der Waals surface area (Å²) in [7, 11) is 0. The molecule has 250 valence electrons. The fourth-order valence-corrected chi connectivity index (χ4v) is 5.94. The number of carbonyl (C=O) groups is 2. The van der Waals surface area contributed by atoms with E-state index >= 15 is 0 Å². The average molecular weight is 663 g/mol. The molecule has 6 rings (SSSR count). The number of benzene rings is 6. The van der Waals surface area contributed by atoms with Crippen molar-refractivity contribution in [3.8, 4) is 22.6 Å². The van der Waals surface area contributed by atoms with E-state index in [1.54, 1.807) is 0 Å². The van der Waals surface area contributed by atoms with Crippen LogP contribution in [0.5, 0.6) is 11.5 Å². The van der Waals surface area contributed by atoms with Gasteiger partial charge in [-0.25, -0.2) is 9.59 Å². The van der Waals surface area contributed by atoms with Gasteiger partial charge in [0.15, 0.2) is 0 Å². The number of hydrogen-bond donors (Lipinski definition) is 0. The molecule has 0 saturated heterocycles. The molecule has 0 fully saturated rings. The Kier molecular flexibility index (Phi) is 11.0. The number of esters is 2. The molecule has 6 nitrogen and oxygen atoms in total. The van der Waals surface area contributed by atoms with Gasteiger partial charge >= 0.3 is 11.9 Å². The van der Waals surface area contributed by atoms with Gasteiger partial charge in [-0.3, -0.25) is 0 Å². The fraction of sp³-hybridized carbons (Fsp3) is 0.136. The van der Waals surface area contributed by atoms with Crippen LogP contribution in [0.25, 0.3) is 32.7 Å². The molecule has 0 N–H and O–H groups in total. The maximum absolute atomic E-state index is 11.3. The summed E-state index contributed by atoms with van der Waals surface area (Å²) in [4.78, 5) is 22.6. The quantitative estimate of drug-likeness (QED) is 0.0621. The van der Waals surface area contributed by atoms with Crippen molar-refractivity contribution < 1.29 is 28.5 Å². The maximum Gasteiger partial charge on any atom is 0.330 e. The summed E-state index contributed by atoms with van der Waals surface area (Å²) >= 11 is 0. The summed E-state index contributed by atoms with van der Waals surface area (Å²) in [6.45, 7) is 7.67. The summed E-state index contributed by atoms with van der Waals surface area (Å²) < 4.78 is 21.6. The van der Waals surface area contributed by atoms with Crippen molar-refractivity contribution in [2.45, 2.75) is 12.8 Å². The first-order chi connectivity index (χ1) is 24.5. The van der Waals surface area contributed by atoms with Gasteiger partial charge in [-0.1, -0.05) is 98.1 Å². The first-order valence-corrected chi connectivity index (χ1v) is 16.5. The highest BCUT2D eigenvalue weighted by atomic mass is 16.6. The molecule has 0 heterocycles. The van der Waals surface area contributed by atoms with Crippen molar-refractivity contribution in [2.75, 3.05) is 26.4 Å². The van der Waals surface area contributed by atoms with Crippen molar-refractivity contribution in [1.29, 1.82) is 0 Å². The highest BCUT2D eigenvalue weighted by molar-refractivity contribution is 5.94. The van der Waals surface area contributed by atoms with Gasteiger partial charge in [-0.15, -0.1) is 0 Å². The first kappa shape index (κ1) is 33.7. The van der Waals surface area contributed by atoms with Crippen molar-refractivity contribution >= 4 is 33.5 Å². The molecule has 0 aliphatic carbocycles. The lowest BCUT2D eigenvalue weighted by atomic mass is 9.86. The summed E-state index contributed by atoms with van der Waals surface area (Å²) in [6, 6.07) is 42.3. The van der Waals surface area contributed by atoms with Crippen molar-refractivity contribution in [3.05, 3.63) is 169 Å². The maximum atomic E-state index is 11.3. The van der Waals surface area contributed by atoms with Crippen LogP contribution in [-0.2, 0) is 31.9 Å². The zero-order valence-corrected chi connectivity index (χ0v) is 27.8. The second kappa shape index (κ2) is 16.3. The molecule has 0 atom stereocenters. The molecule has 0 aliphatic rings. The number of carbonyl (C=O) groups excluding carboxylic acids is 2. The predicted octanol–water partition coefficient (Wildman–Crippen LogP) is 9.06. The van der Waals surface area contributed by atoms with E-state index in [1.165, 1.54) is 43.8 Å². The minimum atomic E-state index is -0.463. The van der Waals surface area contributed by atoms with Crippen LogP contribution in [0.3, 0.4) is 0 Å². The molecule has 0 spiro atoms. The number of rotatable bonds is 15. The molecule has 0 bridgehead atoms. The molecule has 0 amide bonds. The van der Waals surface area contributed by atoms with Crippen molar-refractivity contribution in [3.63, 3.8) is 0 Å². The van der Waals surface area contributed by atoms with Gasteiger partial charge < -0.3 is 18.9 Å². The highest BCUT2D eigenvalue weighted by Crippen LogP contribution is 2.36. The SMILES string of the molecule is C=CC(=O)OCCOc1ccc(Cc2cc3ccccc3cc2-c2cc3ccccc3cc2Cc2ccc(OCCOC(=O)C=C)cc2)cc1. The topological polar surface area (TPSA) is 71.1 Å². The molecule has 0 saturated carbocycles. The van der Waals surface area contributed by atoms with Gasteiger partial charge in [0, 0.05) is 12.2 Å². The second-order valence-electron chi connectivity index (χ2n) is 11.8. The normalized spacial score (nSPS) is 10.8. The van der Waals surface area contributed by atoms with Gasteiger partial charge in [0.2, 0.25) is 0 Å². The average Bonchev–Trinajstić information content (AvgIpc) is 3.15. The molecule has 0 unspecified atom stereocenters. The largest absolute Gasteiger partial charge is 0.490 e. The Morgan fingerprint density at radius 2 is 0.840 bits per heavy atom. The van der Waals surface area contributed by atoms with Crippen LogP contribution in [-0.4, -0.2) is 38.4 Å². The molecular weight excluding hydrogens is 624 g/mol. The molecule has 0 aromatic heterocycles. The summed E-state index contributed by atoms with van der Waals surface area (Å²) in [5, 5.41) is 4.76. The van der Waals surface area contributed by atoms with Crippen LogP contribution < -0.4 is 9.47 Å². The van der Waals surface area contributed by atoms with Crippen LogP contribution in [0.4, 0.5) is 0 Å². The predicted molar refractivity (Wildman–Crippen MR) is 199 cm³/mol. The van der Waals surface area contributed by atoms with E-state index in [2.05, 4.69) is 110 Å². The minimum Gasteiger partial charge on any atom is -0.490 e. The van der Waals surface area contributed by atoms with E-state index in [9.17, 15) is 9.59 Å². The van der Waals surface area contributed by atoms with Crippen molar-refractivity contribution in [1.82, 2.24) is 0 Å². The van der Waals surface area contributed by atoms with E-state index in [0.29, 0.717) is 11.5 Å². The molecular formula is C44H38O6. The monoisotopic (exact) mass is 662 g/mol. The Bertz CT molecular complexity index is 1980. The summed E-state index contributed by atoms with van der Waals surface area (Å²) in [6.07, 6.45) is 3.75. The Morgan fingerprint density at radius 3 is 1.20 bits per heavy atom. The molecule has 6 aromatic rings. The van der Waals surface area contributed by atoms with E-state index in [1.807, 2.05) is 24.3 Å². The zero-order valence-electron chi connectivity index (χ0n) is 27.8. The molecule has 6 aromatic carbocycles. The van der Waals surface area contributed by atoms with Gasteiger partial charge in [0.1, 0.15) is 37.9 Å². The van der Waals surface area contributed by atoms with Gasteiger partial charge in [0.25, 0.3) is 0 Å². The fourth-order valence-electron chi connectivity index (χ4n) is 5.94. The molecule has 50 heavy (non-hydrogen) atoms. The van der Waals surface area contributed by atoms with Crippen LogP contribution in [0.15, 0.2) is 147 Å². The number of ether oxygens (including phenoxy) is 4. The molecule has 0 radical (unpaired) electrons. The van der Waals surface area contributed by atoms with Crippen LogP contribution in [0.1, 0.15) is 22.3 Å². The third kappa shape index (κ3) is 8.65. The van der Waals surface area contributed by atoms with E-state index in [0.717, 1.165) is 36.1 Å². The lowest BCUT2D eigenvalue weighted by Gasteiger charge is -2.18. The second-order valence-corrected chi connectivity index (χ2v) is 11.8. The molecule has 0 aliphatic heterocycles. The Morgan fingerprint density at radius 1 is 0.480 bits per heavy atom. The lowest BCUT2D eigenvalue weighted by Crippen LogP contribution is -2.10. The third-order valence-corrected chi connectivity index (χ3v) is 8.40. The number of hydrogen-bond acceptors (Lipinski definition) is 6. The Labute approximate surface area is 292 Å². The van der Waals surface area contributed by atoms with Gasteiger partial charge in [-0.2, -0.15) is 0 Å².